The summed E-state index contributed by atoms with van der Waals surface area (Å²) in [6.07, 6.45) is 1.74. The molecule has 1 aromatic carbocycles. The van der Waals surface area contributed by atoms with Crippen LogP contribution in [0.25, 0.3) is 11.0 Å². The highest BCUT2D eigenvalue weighted by atomic mass is 16.6. The number of nitrogens with one attached hydrogen (secondary N) is 1. The molecule has 21 heavy (non-hydrogen) atoms. The number of imidazole rings is 1. The van der Waals surface area contributed by atoms with E-state index in [0.717, 1.165) is 11.0 Å². The molecular weight excluding hydrogens is 266 g/mol. The summed E-state index contributed by atoms with van der Waals surface area (Å²) < 4.78 is 8.81. The number of carbonyl (C=O) groups is 1. The first-order valence-corrected chi connectivity index (χ1v) is 6.89. The molecule has 0 bridgehead atoms. The van der Waals surface area contributed by atoms with Crippen molar-refractivity contribution < 1.29 is 9.53 Å². The summed E-state index contributed by atoms with van der Waals surface area (Å²) in [5, 5.41) is 8.27. The molecule has 1 aromatic heterocycles. The predicted octanol–water partition coefficient (Wildman–Crippen LogP) is 2.45. The van der Waals surface area contributed by atoms with Crippen LogP contribution in [0.2, 0.25) is 0 Å². The van der Waals surface area contributed by atoms with Crippen molar-refractivity contribution >= 4 is 17.0 Å². The number of hydrogen-bond acceptors (Lipinski definition) is 3. The molecule has 1 heterocycles. The van der Waals surface area contributed by atoms with Gasteiger partial charge in [-0.05, 0) is 32.9 Å². The van der Waals surface area contributed by atoms with Crippen LogP contribution in [0.5, 0.6) is 0 Å². The lowest BCUT2D eigenvalue weighted by atomic mass is 10.2. The number of esters is 1. The molecule has 0 radical (unpaired) electrons. The Kier molecular flexibility index (Phi) is 4.02. The zero-order valence-corrected chi connectivity index (χ0v) is 12.7. The lowest BCUT2D eigenvalue weighted by Gasteiger charge is -2.19. The van der Waals surface area contributed by atoms with E-state index in [4.69, 9.17) is 10.1 Å². The molecule has 0 saturated heterocycles. The summed E-state index contributed by atoms with van der Waals surface area (Å²) in [4.78, 5) is 12.0. The molecule has 0 spiro atoms. The minimum absolute atomic E-state index is 0.0285. The molecule has 0 unspecified atom stereocenters. The molecule has 2 aromatic rings. The molecule has 0 fully saturated rings. The van der Waals surface area contributed by atoms with Crippen LogP contribution in [0.4, 0.5) is 0 Å². The first-order valence-electron chi connectivity index (χ1n) is 6.89. The fourth-order valence-electron chi connectivity index (χ4n) is 2.27. The van der Waals surface area contributed by atoms with Crippen molar-refractivity contribution in [1.82, 2.24) is 9.13 Å². The van der Waals surface area contributed by atoms with E-state index >= 15 is 0 Å². The third-order valence-corrected chi connectivity index (χ3v) is 2.99. The van der Waals surface area contributed by atoms with E-state index in [0.29, 0.717) is 6.54 Å². The van der Waals surface area contributed by atoms with Gasteiger partial charge in [0.2, 0.25) is 5.62 Å². The number of para-hydroxylation sites is 2. The SMILES string of the molecule is C=CCn1c(=N)n(CC(=O)OC(C)(C)C)c2ccccc21. The van der Waals surface area contributed by atoms with Gasteiger partial charge in [0.25, 0.3) is 0 Å². The Labute approximate surface area is 124 Å². The van der Waals surface area contributed by atoms with E-state index in [-0.39, 0.29) is 18.1 Å². The largest absolute Gasteiger partial charge is 0.459 e. The maximum absolute atomic E-state index is 12.0. The lowest BCUT2D eigenvalue weighted by Crippen LogP contribution is -2.31. The van der Waals surface area contributed by atoms with Crippen LogP contribution in [-0.4, -0.2) is 20.7 Å². The maximum Gasteiger partial charge on any atom is 0.326 e. The summed E-state index contributed by atoms with van der Waals surface area (Å²) in [5.74, 6) is -0.345. The Morgan fingerprint density at radius 1 is 1.29 bits per heavy atom. The van der Waals surface area contributed by atoms with Gasteiger partial charge in [-0.2, -0.15) is 0 Å². The minimum atomic E-state index is -0.528. The van der Waals surface area contributed by atoms with Gasteiger partial charge in [0.15, 0.2) is 0 Å². The normalized spacial score (nSPS) is 11.6. The predicted molar refractivity (Wildman–Crippen MR) is 81.8 cm³/mol. The molecule has 0 saturated carbocycles. The van der Waals surface area contributed by atoms with Crippen LogP contribution < -0.4 is 5.62 Å². The molecule has 1 N–H and O–H groups in total. The highest BCUT2D eigenvalue weighted by Gasteiger charge is 2.18. The Morgan fingerprint density at radius 3 is 2.38 bits per heavy atom. The minimum Gasteiger partial charge on any atom is -0.459 e. The van der Waals surface area contributed by atoms with E-state index in [1.165, 1.54) is 0 Å². The second-order valence-electron chi connectivity index (χ2n) is 5.88. The van der Waals surface area contributed by atoms with E-state index in [1.807, 2.05) is 49.6 Å². The van der Waals surface area contributed by atoms with Crippen molar-refractivity contribution in [3.63, 3.8) is 0 Å². The molecule has 0 aliphatic heterocycles. The number of fused-ring (bicyclic) bond motifs is 1. The zero-order chi connectivity index (χ0) is 15.6. The first-order chi connectivity index (χ1) is 9.83. The number of ether oxygens (including phenoxy) is 1. The van der Waals surface area contributed by atoms with E-state index in [1.54, 1.807) is 10.6 Å². The third kappa shape index (κ3) is 3.24. The van der Waals surface area contributed by atoms with Gasteiger partial charge in [0, 0.05) is 6.54 Å². The van der Waals surface area contributed by atoms with Gasteiger partial charge in [-0.15, -0.1) is 6.58 Å². The molecule has 5 heteroatoms. The average Bonchev–Trinajstić information content (AvgIpc) is 2.63. The molecule has 0 aliphatic carbocycles. The second kappa shape index (κ2) is 5.60. The smallest absolute Gasteiger partial charge is 0.326 e. The van der Waals surface area contributed by atoms with E-state index in [9.17, 15) is 4.79 Å². The van der Waals surface area contributed by atoms with Crippen LogP contribution in [0.15, 0.2) is 36.9 Å². The Morgan fingerprint density at radius 2 is 1.86 bits per heavy atom. The zero-order valence-electron chi connectivity index (χ0n) is 12.7. The summed E-state index contributed by atoms with van der Waals surface area (Å²) in [5.41, 5.74) is 1.49. The average molecular weight is 287 g/mol. The molecule has 5 nitrogen and oxygen atoms in total. The molecule has 0 amide bonds. The van der Waals surface area contributed by atoms with Gasteiger partial charge in [0.05, 0.1) is 11.0 Å². The number of nitrogens with zero attached hydrogens (tertiary/aromatic N) is 2. The molecule has 112 valence electrons. The number of hydrogen-bond donors (Lipinski definition) is 1. The quantitative estimate of drug-likeness (QED) is 0.693. The summed E-state index contributed by atoms with van der Waals surface area (Å²) in [6.45, 7) is 9.77. The van der Waals surface area contributed by atoms with E-state index < -0.39 is 5.60 Å². The summed E-state index contributed by atoms with van der Waals surface area (Å²) in [6, 6.07) is 7.64. The lowest BCUT2D eigenvalue weighted by molar-refractivity contribution is -0.155. The Bertz CT molecular complexity index is 732. The van der Waals surface area contributed by atoms with Crippen LogP contribution in [-0.2, 0) is 22.6 Å². The van der Waals surface area contributed by atoms with Gasteiger partial charge in [-0.25, -0.2) is 0 Å². The van der Waals surface area contributed by atoms with Crippen molar-refractivity contribution in [3.8, 4) is 0 Å². The third-order valence-electron chi connectivity index (χ3n) is 2.99. The summed E-state index contributed by atoms with van der Waals surface area (Å²) >= 11 is 0. The molecule has 0 aliphatic rings. The van der Waals surface area contributed by atoms with Crippen molar-refractivity contribution in [2.45, 2.75) is 39.5 Å². The van der Waals surface area contributed by atoms with Crippen LogP contribution in [0.1, 0.15) is 20.8 Å². The summed E-state index contributed by atoms with van der Waals surface area (Å²) in [7, 11) is 0. The van der Waals surface area contributed by atoms with Gasteiger partial charge >= 0.3 is 5.97 Å². The van der Waals surface area contributed by atoms with Crippen molar-refractivity contribution in [2.24, 2.45) is 0 Å². The number of allylic oxidation sites excluding steroid dienone is 1. The number of benzene rings is 1. The monoisotopic (exact) mass is 287 g/mol. The fraction of sp³-hybridized carbons (Fsp3) is 0.375. The molecule has 2 rings (SSSR count). The number of rotatable bonds is 4. The molecular formula is C16H21N3O2. The van der Waals surface area contributed by atoms with E-state index in [2.05, 4.69) is 6.58 Å². The molecule has 0 atom stereocenters. The van der Waals surface area contributed by atoms with Crippen molar-refractivity contribution in [3.05, 3.63) is 42.5 Å². The van der Waals surface area contributed by atoms with Gasteiger partial charge in [-0.3, -0.25) is 14.8 Å². The van der Waals surface area contributed by atoms with Crippen LogP contribution >= 0.6 is 0 Å². The second-order valence-corrected chi connectivity index (χ2v) is 5.88. The van der Waals surface area contributed by atoms with Gasteiger partial charge < -0.3 is 9.30 Å². The topological polar surface area (TPSA) is 60.0 Å². The number of carbonyl (C=O) groups excluding carboxylic acids is 1. The number of aromatic nitrogens is 2. The fourth-order valence-corrected chi connectivity index (χ4v) is 2.27. The Hall–Kier alpha value is -2.30. The van der Waals surface area contributed by atoms with Crippen LogP contribution in [0, 0.1) is 5.41 Å². The first kappa shape index (κ1) is 15.1. The van der Waals surface area contributed by atoms with Gasteiger partial charge in [0.1, 0.15) is 12.1 Å². The van der Waals surface area contributed by atoms with Crippen molar-refractivity contribution in [1.29, 1.82) is 5.41 Å². The van der Waals surface area contributed by atoms with Crippen molar-refractivity contribution in [2.75, 3.05) is 0 Å². The highest BCUT2D eigenvalue weighted by Crippen LogP contribution is 2.14. The Balaban J connectivity index is 2.45. The maximum atomic E-state index is 12.0. The van der Waals surface area contributed by atoms with Crippen LogP contribution in [0.3, 0.4) is 0 Å². The standard InChI is InChI=1S/C16H21N3O2/c1-5-10-18-12-8-6-7-9-13(12)19(15(18)17)11-14(20)21-16(2,3)4/h5-9,17H,1,10-11H2,2-4H3. The van der Waals surface area contributed by atoms with Gasteiger partial charge in [-0.1, -0.05) is 18.2 Å². The highest BCUT2D eigenvalue weighted by molar-refractivity contribution is 5.78.